The van der Waals surface area contributed by atoms with Crippen LogP contribution in [0.1, 0.15) is 41.3 Å². The minimum Gasteiger partial charge on any atom is -0.257 e. The zero-order valence-corrected chi connectivity index (χ0v) is 15.7. The molecule has 146 valence electrons. The van der Waals surface area contributed by atoms with Crippen molar-refractivity contribution in [1.29, 1.82) is 0 Å². The Labute approximate surface area is 157 Å². The average Bonchev–Trinajstić information content (AvgIpc) is 2.61. The summed E-state index contributed by atoms with van der Waals surface area (Å²) < 4.78 is 62.7. The van der Waals surface area contributed by atoms with Crippen LogP contribution < -0.4 is 0 Å². The molecule has 0 unspecified atom stereocenters. The number of halogens is 3. The van der Waals surface area contributed by atoms with Gasteiger partial charge in [-0.1, -0.05) is 18.2 Å². The maximum Gasteiger partial charge on any atom is 0.416 e. The van der Waals surface area contributed by atoms with E-state index >= 15 is 0 Å². The van der Waals surface area contributed by atoms with Crippen LogP contribution in [0.2, 0.25) is 0 Å². The fourth-order valence-corrected chi connectivity index (χ4v) is 4.20. The smallest absolute Gasteiger partial charge is 0.257 e. The number of pyridine rings is 1. The molecule has 1 aliphatic heterocycles. The number of nitrogens with zero attached hydrogens (tertiary/aromatic N) is 2. The molecule has 0 N–H and O–H groups in total. The molecule has 0 amide bonds. The SMILES string of the molecule is CS(=O)(=O)N1CCC(c2cccc(Cc3ccc(C(F)(F)F)cc3)n2)CC1. The molecule has 0 spiro atoms. The molecule has 27 heavy (non-hydrogen) atoms. The summed E-state index contributed by atoms with van der Waals surface area (Å²) in [6, 6.07) is 10.8. The first-order valence-corrected chi connectivity index (χ1v) is 10.5. The van der Waals surface area contributed by atoms with Gasteiger partial charge in [0.1, 0.15) is 0 Å². The van der Waals surface area contributed by atoms with Crippen molar-refractivity contribution in [3.8, 4) is 0 Å². The molecule has 0 atom stereocenters. The molecule has 2 aromatic rings. The highest BCUT2D eigenvalue weighted by Gasteiger charge is 2.30. The number of piperidine rings is 1. The van der Waals surface area contributed by atoms with Crippen LogP contribution in [-0.4, -0.2) is 37.1 Å². The van der Waals surface area contributed by atoms with E-state index in [2.05, 4.69) is 4.98 Å². The molecule has 4 nitrogen and oxygen atoms in total. The standard InChI is InChI=1S/C19H21F3N2O2S/c1-27(25,26)24-11-9-15(10-12-24)18-4-2-3-17(23-18)13-14-5-7-16(8-6-14)19(20,21)22/h2-8,15H,9-13H2,1H3. The second-order valence-corrected chi connectivity index (χ2v) is 8.84. The molecular weight excluding hydrogens is 377 g/mol. The zero-order chi connectivity index (χ0) is 19.7. The lowest BCUT2D eigenvalue weighted by Gasteiger charge is -2.30. The summed E-state index contributed by atoms with van der Waals surface area (Å²) >= 11 is 0. The molecule has 8 heteroatoms. The monoisotopic (exact) mass is 398 g/mol. The quantitative estimate of drug-likeness (QED) is 0.787. The van der Waals surface area contributed by atoms with Gasteiger partial charge in [-0.15, -0.1) is 0 Å². The third-order valence-electron chi connectivity index (χ3n) is 4.84. The molecule has 0 aliphatic carbocycles. The molecule has 0 saturated carbocycles. The first kappa shape index (κ1) is 19.8. The number of rotatable bonds is 4. The predicted octanol–water partition coefficient (Wildman–Crippen LogP) is 3.83. The Morgan fingerprint density at radius 2 is 1.70 bits per heavy atom. The van der Waals surface area contributed by atoms with Crippen molar-refractivity contribution in [2.45, 2.75) is 31.4 Å². The maximum atomic E-state index is 12.7. The minimum absolute atomic E-state index is 0.190. The lowest BCUT2D eigenvalue weighted by molar-refractivity contribution is -0.137. The molecule has 1 aromatic heterocycles. The van der Waals surface area contributed by atoms with Crippen molar-refractivity contribution in [2.24, 2.45) is 0 Å². The molecule has 1 aromatic carbocycles. The van der Waals surface area contributed by atoms with Gasteiger partial charge in [-0.3, -0.25) is 4.98 Å². The van der Waals surface area contributed by atoms with Gasteiger partial charge in [-0.25, -0.2) is 12.7 Å². The number of benzene rings is 1. The number of alkyl halides is 3. The number of hydrogen-bond donors (Lipinski definition) is 0. The van der Waals surface area contributed by atoms with Crippen LogP contribution in [0.5, 0.6) is 0 Å². The summed E-state index contributed by atoms with van der Waals surface area (Å²) in [6.07, 6.45) is -1.24. The fourth-order valence-electron chi connectivity index (χ4n) is 3.33. The number of sulfonamides is 1. The summed E-state index contributed by atoms with van der Waals surface area (Å²) in [4.78, 5) is 4.66. The summed E-state index contributed by atoms with van der Waals surface area (Å²) in [5.41, 5.74) is 1.80. The van der Waals surface area contributed by atoms with Crippen LogP contribution in [0, 0.1) is 0 Å². The Morgan fingerprint density at radius 1 is 1.07 bits per heavy atom. The van der Waals surface area contributed by atoms with Gasteiger partial charge in [0.25, 0.3) is 0 Å². The van der Waals surface area contributed by atoms with E-state index in [1.54, 1.807) is 0 Å². The Bertz CT molecular complexity index is 888. The fraction of sp³-hybridized carbons (Fsp3) is 0.421. The second kappa shape index (κ2) is 7.59. The van der Waals surface area contributed by atoms with Crippen molar-refractivity contribution < 1.29 is 21.6 Å². The molecule has 0 bridgehead atoms. The van der Waals surface area contributed by atoms with Crippen LogP contribution in [-0.2, 0) is 22.6 Å². The van der Waals surface area contributed by atoms with E-state index in [1.165, 1.54) is 22.7 Å². The Morgan fingerprint density at radius 3 is 2.26 bits per heavy atom. The average molecular weight is 398 g/mol. The number of hydrogen-bond acceptors (Lipinski definition) is 3. The van der Waals surface area contributed by atoms with Gasteiger partial charge in [0.15, 0.2) is 0 Å². The van der Waals surface area contributed by atoms with Gasteiger partial charge in [-0.2, -0.15) is 13.2 Å². The van der Waals surface area contributed by atoms with Crippen molar-refractivity contribution in [3.63, 3.8) is 0 Å². The van der Waals surface area contributed by atoms with Crippen LogP contribution >= 0.6 is 0 Å². The van der Waals surface area contributed by atoms with Crippen molar-refractivity contribution in [1.82, 2.24) is 9.29 Å². The second-order valence-electron chi connectivity index (χ2n) is 6.86. The topological polar surface area (TPSA) is 50.3 Å². The zero-order valence-electron chi connectivity index (χ0n) is 14.9. The van der Waals surface area contributed by atoms with Crippen LogP contribution in [0.15, 0.2) is 42.5 Å². The van der Waals surface area contributed by atoms with Crippen molar-refractivity contribution in [2.75, 3.05) is 19.3 Å². The van der Waals surface area contributed by atoms with E-state index < -0.39 is 21.8 Å². The predicted molar refractivity (Wildman–Crippen MR) is 96.9 cm³/mol. The van der Waals surface area contributed by atoms with Gasteiger partial charge >= 0.3 is 6.18 Å². The normalized spacial score (nSPS) is 17.2. The first-order chi connectivity index (χ1) is 12.6. The maximum absolute atomic E-state index is 12.7. The molecule has 2 heterocycles. The third-order valence-corrected chi connectivity index (χ3v) is 6.14. The van der Waals surface area contributed by atoms with Gasteiger partial charge in [-0.05, 0) is 42.7 Å². The van der Waals surface area contributed by atoms with E-state index in [0.717, 1.165) is 29.1 Å². The lowest BCUT2D eigenvalue weighted by atomic mass is 9.93. The Hall–Kier alpha value is -1.93. The van der Waals surface area contributed by atoms with Crippen LogP contribution in [0.4, 0.5) is 13.2 Å². The Balaban J connectivity index is 1.68. The highest BCUT2D eigenvalue weighted by Crippen LogP contribution is 2.30. The minimum atomic E-state index is -4.34. The molecule has 1 aliphatic rings. The molecule has 0 radical (unpaired) electrons. The van der Waals surface area contributed by atoms with E-state index in [9.17, 15) is 21.6 Å². The summed E-state index contributed by atoms with van der Waals surface area (Å²) in [5, 5.41) is 0. The summed E-state index contributed by atoms with van der Waals surface area (Å²) in [7, 11) is -3.16. The van der Waals surface area contributed by atoms with Crippen molar-refractivity contribution in [3.05, 3.63) is 65.0 Å². The van der Waals surface area contributed by atoms with Gasteiger partial charge in [0, 0.05) is 36.8 Å². The molecule has 3 rings (SSSR count). The van der Waals surface area contributed by atoms with Gasteiger partial charge in [0.2, 0.25) is 10.0 Å². The van der Waals surface area contributed by atoms with Crippen LogP contribution in [0.3, 0.4) is 0 Å². The third kappa shape index (κ3) is 5.07. The van der Waals surface area contributed by atoms with E-state index in [-0.39, 0.29) is 5.92 Å². The Kier molecular flexibility index (Phi) is 5.58. The lowest BCUT2D eigenvalue weighted by Crippen LogP contribution is -2.37. The van der Waals surface area contributed by atoms with Crippen molar-refractivity contribution >= 4 is 10.0 Å². The van der Waals surface area contributed by atoms with E-state index in [4.69, 9.17) is 0 Å². The largest absolute Gasteiger partial charge is 0.416 e. The molecule has 1 saturated heterocycles. The van der Waals surface area contributed by atoms with Gasteiger partial charge in [0.05, 0.1) is 11.8 Å². The molecule has 1 fully saturated rings. The number of aromatic nitrogens is 1. The highest BCUT2D eigenvalue weighted by molar-refractivity contribution is 7.88. The summed E-state index contributed by atoms with van der Waals surface area (Å²) in [6.45, 7) is 0.961. The summed E-state index contributed by atoms with van der Waals surface area (Å²) in [5.74, 6) is 0.190. The molecular formula is C19H21F3N2O2S. The van der Waals surface area contributed by atoms with E-state index in [1.807, 2.05) is 18.2 Å². The van der Waals surface area contributed by atoms with E-state index in [0.29, 0.717) is 32.4 Å². The first-order valence-electron chi connectivity index (χ1n) is 8.70. The van der Waals surface area contributed by atoms with Crippen LogP contribution in [0.25, 0.3) is 0 Å². The van der Waals surface area contributed by atoms with Gasteiger partial charge < -0.3 is 0 Å². The highest BCUT2D eigenvalue weighted by atomic mass is 32.2.